The van der Waals surface area contributed by atoms with Crippen molar-refractivity contribution in [1.29, 1.82) is 0 Å². The molecule has 4 heterocycles. The van der Waals surface area contributed by atoms with E-state index in [-0.39, 0.29) is 42.1 Å². The summed E-state index contributed by atoms with van der Waals surface area (Å²) >= 11 is 1.99. The molecule has 0 spiro atoms. The van der Waals surface area contributed by atoms with Gasteiger partial charge < -0.3 is 25.1 Å². The number of carbonyl (C=O) groups is 2. The highest BCUT2D eigenvalue weighted by Crippen LogP contribution is 2.34. The van der Waals surface area contributed by atoms with Crippen LogP contribution in [0.5, 0.6) is 0 Å². The molecule has 0 aliphatic heterocycles. The fourth-order valence-corrected chi connectivity index (χ4v) is 5.75. The number of aromatic nitrogens is 6. The van der Waals surface area contributed by atoms with Crippen LogP contribution in [0.4, 0.5) is 14.5 Å². The average Bonchev–Trinajstić information content (AvgIpc) is 3.93. The number of pyridine rings is 1. The number of thiazole rings is 1. The number of anilines is 1. The Morgan fingerprint density at radius 3 is 2.48 bits per heavy atom. The van der Waals surface area contributed by atoms with Crippen molar-refractivity contribution in [3.63, 3.8) is 0 Å². The predicted octanol–water partition coefficient (Wildman–Crippen LogP) is 6.66. The lowest BCUT2D eigenvalue weighted by Crippen LogP contribution is -2.18. The van der Waals surface area contributed by atoms with E-state index in [0.717, 1.165) is 67.8 Å². The van der Waals surface area contributed by atoms with E-state index in [2.05, 4.69) is 30.2 Å². The zero-order chi connectivity index (χ0) is 35.9. The Kier molecular flexibility index (Phi) is 15.0. The van der Waals surface area contributed by atoms with Crippen LogP contribution >= 0.6 is 23.4 Å². The topological polar surface area (TPSA) is 172 Å². The van der Waals surface area contributed by atoms with E-state index in [1.54, 1.807) is 29.6 Å². The molecular weight excluding hydrogens is 691 g/mol. The lowest BCUT2D eigenvalue weighted by Gasteiger charge is -2.21. The van der Waals surface area contributed by atoms with Crippen molar-refractivity contribution in [3.05, 3.63) is 83.9 Å². The number of amides is 1. The maximum Gasteiger partial charge on any atom is 0.321 e. The molecule has 6 rings (SSSR count). The number of carbonyl (C=O) groups excluding carboxylic acids is 2. The van der Waals surface area contributed by atoms with Gasteiger partial charge in [0.05, 0.1) is 24.5 Å². The van der Waals surface area contributed by atoms with E-state index in [9.17, 15) is 18.4 Å². The van der Waals surface area contributed by atoms with Crippen LogP contribution in [0.25, 0.3) is 22.0 Å². The van der Waals surface area contributed by atoms with Crippen molar-refractivity contribution in [1.82, 2.24) is 29.5 Å². The standard InChI is InChI=1S/C24H24F2N8O3S.C6H6OS.C3H8O/c25-16-6-7-19(26)31-21(16)22-17(11-34(32-22)15-4-2-1-3-5-15)29-23(36)18-12-38-24(30-18)14-9-28-33(10-14)13-37-20(35)8-27;7-8-6-4-2-1-3-5-6;1-3-4-2/h6-7,9-12,15H,1-5,8,13,27H2,(H,29,36);1-5,7H;3H2,1-2H3. The molecule has 0 unspecified atom stereocenters. The number of hydrogen-bond donors (Lipinski definition) is 3. The van der Waals surface area contributed by atoms with E-state index < -0.39 is 23.6 Å². The molecule has 5 aromatic rings. The zero-order valence-corrected chi connectivity index (χ0v) is 29.1. The van der Waals surface area contributed by atoms with E-state index in [1.165, 1.54) is 22.2 Å². The van der Waals surface area contributed by atoms with Crippen LogP contribution in [0.2, 0.25) is 0 Å². The van der Waals surface area contributed by atoms with Gasteiger partial charge in [0, 0.05) is 54.0 Å². The van der Waals surface area contributed by atoms with E-state index in [1.807, 2.05) is 37.3 Å². The fraction of sp³-hybridized carbons (Fsp3) is 0.333. The number of benzene rings is 1. The third-order valence-electron chi connectivity index (χ3n) is 7.24. The smallest absolute Gasteiger partial charge is 0.321 e. The Morgan fingerprint density at radius 2 is 1.82 bits per heavy atom. The van der Waals surface area contributed by atoms with Gasteiger partial charge in [-0.15, -0.1) is 11.3 Å². The van der Waals surface area contributed by atoms with Crippen LogP contribution in [-0.2, 0) is 21.0 Å². The summed E-state index contributed by atoms with van der Waals surface area (Å²) < 4.78 is 49.5. The molecule has 0 bridgehead atoms. The number of nitrogens with two attached hydrogens (primary N) is 1. The second-order valence-corrected chi connectivity index (χ2v) is 12.2. The molecule has 1 amide bonds. The van der Waals surface area contributed by atoms with Crippen molar-refractivity contribution in [2.45, 2.75) is 56.7 Å². The molecule has 0 saturated heterocycles. The third kappa shape index (κ3) is 11.0. The number of rotatable bonds is 10. The van der Waals surface area contributed by atoms with Crippen molar-refractivity contribution >= 4 is 40.9 Å². The molecule has 1 aliphatic rings. The van der Waals surface area contributed by atoms with Gasteiger partial charge in [0.2, 0.25) is 5.95 Å². The highest BCUT2D eigenvalue weighted by Gasteiger charge is 2.24. The predicted molar refractivity (Wildman–Crippen MR) is 186 cm³/mol. The zero-order valence-electron chi connectivity index (χ0n) is 27.5. The summed E-state index contributed by atoms with van der Waals surface area (Å²) in [6.45, 7) is 2.44. The highest BCUT2D eigenvalue weighted by molar-refractivity contribution is 7.93. The number of methoxy groups -OCH3 is 1. The second kappa shape index (κ2) is 19.6. The van der Waals surface area contributed by atoms with Crippen molar-refractivity contribution in [2.75, 3.05) is 25.6 Å². The fourth-order valence-electron chi connectivity index (χ4n) is 4.70. The van der Waals surface area contributed by atoms with Gasteiger partial charge in [-0.3, -0.25) is 14.3 Å². The molecule has 1 fully saturated rings. The number of ether oxygens (including phenoxy) is 2. The van der Waals surface area contributed by atoms with Gasteiger partial charge in [0.25, 0.3) is 5.91 Å². The first-order chi connectivity index (χ1) is 24.3. The Bertz CT molecular complexity index is 1810. The van der Waals surface area contributed by atoms with E-state index >= 15 is 0 Å². The summed E-state index contributed by atoms with van der Waals surface area (Å²) in [6, 6.07) is 11.4. The Balaban J connectivity index is 0.000000398. The van der Waals surface area contributed by atoms with Crippen LogP contribution in [0.3, 0.4) is 0 Å². The molecule has 1 saturated carbocycles. The molecule has 1 aliphatic carbocycles. The number of halogens is 2. The van der Waals surface area contributed by atoms with Crippen molar-refractivity contribution in [2.24, 2.45) is 5.73 Å². The maximum absolute atomic E-state index is 14.6. The molecule has 17 heteroatoms. The van der Waals surface area contributed by atoms with Crippen LogP contribution in [0, 0.1) is 11.8 Å². The van der Waals surface area contributed by atoms with Gasteiger partial charge in [-0.1, -0.05) is 37.5 Å². The van der Waals surface area contributed by atoms with Crippen LogP contribution < -0.4 is 11.1 Å². The van der Waals surface area contributed by atoms with Crippen LogP contribution in [-0.4, -0.2) is 66.2 Å². The molecular formula is C33H38F2N8O5S2. The van der Waals surface area contributed by atoms with Gasteiger partial charge in [-0.2, -0.15) is 14.6 Å². The largest absolute Gasteiger partial charge is 0.441 e. The van der Waals surface area contributed by atoms with Gasteiger partial charge in [0.15, 0.2) is 12.5 Å². The molecule has 13 nitrogen and oxygen atoms in total. The maximum atomic E-state index is 14.6. The summed E-state index contributed by atoms with van der Waals surface area (Å²) in [4.78, 5) is 33.3. The summed E-state index contributed by atoms with van der Waals surface area (Å²) in [6.07, 6.45) is 9.82. The van der Waals surface area contributed by atoms with Gasteiger partial charge in [-0.05, 0) is 44.0 Å². The highest BCUT2D eigenvalue weighted by atomic mass is 32.2. The van der Waals surface area contributed by atoms with E-state index in [4.69, 9.17) is 15.0 Å². The van der Waals surface area contributed by atoms with Crippen molar-refractivity contribution < 1.29 is 32.4 Å². The summed E-state index contributed by atoms with van der Waals surface area (Å²) in [5, 5.41) is 13.4. The normalized spacial score (nSPS) is 12.7. The summed E-state index contributed by atoms with van der Waals surface area (Å²) in [7, 11) is 1.68. The number of esters is 1. The Morgan fingerprint density at radius 1 is 1.08 bits per heavy atom. The summed E-state index contributed by atoms with van der Waals surface area (Å²) in [5.74, 6) is -2.71. The van der Waals surface area contributed by atoms with Gasteiger partial charge >= 0.3 is 5.97 Å². The lowest BCUT2D eigenvalue weighted by molar-refractivity contribution is -0.146. The quantitative estimate of drug-likeness (QED) is 0.0797. The SMILES string of the molecule is CCOC.NCC(=O)OCn1cc(-c2nc(C(=O)Nc3cn(C4CCCCC4)nc3-c3nc(F)ccc3F)cs2)cn1.OSc1ccccc1. The van der Waals surface area contributed by atoms with Crippen LogP contribution in [0.1, 0.15) is 55.6 Å². The minimum absolute atomic E-state index is 0.0460. The second-order valence-electron chi connectivity index (χ2n) is 10.7. The molecule has 4 N–H and O–H groups in total. The van der Waals surface area contributed by atoms with E-state index in [0.29, 0.717) is 10.6 Å². The Hall–Kier alpha value is -4.55. The number of nitrogens with zero attached hydrogens (tertiary/aromatic N) is 6. The first-order valence-corrected chi connectivity index (χ1v) is 17.3. The first kappa shape index (κ1) is 38.3. The first-order valence-electron chi connectivity index (χ1n) is 15.7. The molecule has 50 heavy (non-hydrogen) atoms. The van der Waals surface area contributed by atoms with Gasteiger partial charge in [0.1, 0.15) is 22.1 Å². The molecule has 1 aromatic carbocycles. The number of nitrogens with one attached hydrogen (secondary N) is 1. The minimum atomic E-state index is -0.853. The average molecular weight is 729 g/mol. The number of hydrogen-bond acceptors (Lipinski definition) is 12. The third-order valence-corrected chi connectivity index (χ3v) is 8.62. The van der Waals surface area contributed by atoms with Gasteiger partial charge in [-0.25, -0.2) is 19.0 Å². The molecule has 4 aromatic heterocycles. The summed E-state index contributed by atoms with van der Waals surface area (Å²) in [5.41, 5.74) is 5.94. The van der Waals surface area contributed by atoms with Crippen LogP contribution in [0.15, 0.2) is 71.3 Å². The molecule has 266 valence electrons. The molecule has 0 atom stereocenters. The monoisotopic (exact) mass is 728 g/mol. The van der Waals surface area contributed by atoms with Crippen molar-refractivity contribution in [3.8, 4) is 22.0 Å². The molecule has 0 radical (unpaired) electrons. The Labute approximate surface area is 296 Å². The lowest BCUT2D eigenvalue weighted by atomic mass is 9.96. The minimum Gasteiger partial charge on any atom is -0.441 e.